The molecule has 1 aromatic carbocycles. The molecule has 0 bridgehead atoms. The number of benzene rings is 1. The number of hydrogen-bond donors (Lipinski definition) is 0. The number of halogens is 1. The van der Waals surface area contributed by atoms with Crippen LogP contribution in [0.4, 0.5) is 4.39 Å². The molecule has 5 nitrogen and oxygen atoms in total. The number of ether oxygens (including phenoxy) is 1. The predicted molar refractivity (Wildman–Crippen MR) is 89.8 cm³/mol. The first-order valence-electron chi connectivity index (χ1n) is 7.82. The van der Waals surface area contributed by atoms with E-state index >= 15 is 0 Å². The number of carbonyl (C=O) groups is 1. The Morgan fingerprint density at radius 3 is 2.88 bits per heavy atom. The first-order valence-corrected chi connectivity index (χ1v) is 8.81. The number of likely N-dealkylation sites (tertiary alicyclic amines) is 1. The minimum atomic E-state index is -0.504. The number of amides is 1. The van der Waals surface area contributed by atoms with Crippen LogP contribution in [0.25, 0.3) is 0 Å². The van der Waals surface area contributed by atoms with E-state index in [9.17, 15) is 9.18 Å². The molecule has 24 heavy (non-hydrogen) atoms. The molecule has 2 heterocycles. The topological polar surface area (TPSA) is 55.3 Å². The molecule has 2 aromatic rings. The van der Waals surface area contributed by atoms with Crippen LogP contribution in [0.5, 0.6) is 6.01 Å². The van der Waals surface area contributed by atoms with Crippen LogP contribution in [0, 0.1) is 5.82 Å². The molecule has 1 aliphatic heterocycles. The van der Waals surface area contributed by atoms with Crippen molar-refractivity contribution in [2.24, 2.45) is 0 Å². The molecule has 1 unspecified atom stereocenters. The van der Waals surface area contributed by atoms with Crippen molar-refractivity contribution >= 4 is 17.7 Å². The average Bonchev–Trinajstić information content (AvgIpc) is 3.06. The van der Waals surface area contributed by atoms with E-state index in [1.807, 2.05) is 24.3 Å². The van der Waals surface area contributed by atoms with E-state index in [2.05, 4.69) is 16.9 Å². The van der Waals surface area contributed by atoms with Gasteiger partial charge in [0.2, 0.25) is 0 Å². The van der Waals surface area contributed by atoms with Gasteiger partial charge in [0.05, 0.1) is 24.5 Å². The Kier molecular flexibility index (Phi) is 5.30. The molecule has 1 atom stereocenters. The summed E-state index contributed by atoms with van der Waals surface area (Å²) >= 11 is 1.66. The maximum Gasteiger partial charge on any atom is 0.316 e. The van der Waals surface area contributed by atoms with Crippen LogP contribution in [0.1, 0.15) is 23.7 Å². The van der Waals surface area contributed by atoms with Crippen molar-refractivity contribution in [2.75, 3.05) is 18.8 Å². The monoisotopic (exact) mass is 347 g/mol. The molecular weight excluding hydrogens is 329 g/mol. The zero-order valence-electron chi connectivity index (χ0n) is 13.3. The van der Waals surface area contributed by atoms with Crippen LogP contribution in [-0.4, -0.2) is 45.7 Å². The van der Waals surface area contributed by atoms with Gasteiger partial charge in [0.1, 0.15) is 6.10 Å². The number of nitrogens with zero attached hydrogens (tertiary/aromatic N) is 3. The van der Waals surface area contributed by atoms with E-state index in [1.54, 1.807) is 16.7 Å². The molecule has 1 aliphatic rings. The van der Waals surface area contributed by atoms with Gasteiger partial charge in [-0.3, -0.25) is 4.79 Å². The van der Waals surface area contributed by atoms with Crippen molar-refractivity contribution in [1.29, 1.82) is 0 Å². The van der Waals surface area contributed by atoms with E-state index < -0.39 is 5.82 Å². The zero-order valence-corrected chi connectivity index (χ0v) is 14.1. The molecule has 1 saturated heterocycles. The Morgan fingerprint density at radius 2 is 2.12 bits per heavy atom. The molecule has 126 valence electrons. The highest BCUT2D eigenvalue weighted by Gasteiger charge is 2.29. The number of carbonyl (C=O) groups excluding carboxylic acids is 1. The molecule has 0 radical (unpaired) electrons. The number of thioether (sulfide) groups is 1. The third kappa shape index (κ3) is 3.84. The molecule has 1 aromatic heterocycles. The Hall–Kier alpha value is -2.15. The molecule has 0 saturated carbocycles. The average molecular weight is 347 g/mol. The van der Waals surface area contributed by atoms with Gasteiger partial charge >= 0.3 is 6.01 Å². The fourth-order valence-electron chi connectivity index (χ4n) is 2.61. The van der Waals surface area contributed by atoms with Crippen molar-refractivity contribution in [3.05, 3.63) is 48.0 Å². The summed E-state index contributed by atoms with van der Waals surface area (Å²) < 4.78 is 18.5. The normalized spacial score (nSPS) is 17.1. The highest BCUT2D eigenvalue weighted by molar-refractivity contribution is 7.99. The molecule has 7 heteroatoms. The van der Waals surface area contributed by atoms with Gasteiger partial charge in [-0.25, -0.2) is 14.4 Å². The van der Waals surface area contributed by atoms with Crippen LogP contribution in [0.15, 0.2) is 41.6 Å². The van der Waals surface area contributed by atoms with Crippen LogP contribution in [0.3, 0.4) is 0 Å². The maximum absolute atomic E-state index is 12.8. The van der Waals surface area contributed by atoms with Gasteiger partial charge < -0.3 is 9.64 Å². The summed E-state index contributed by atoms with van der Waals surface area (Å²) in [6, 6.07) is 7.78. The molecular formula is C17H18FN3O2S. The van der Waals surface area contributed by atoms with Crippen molar-refractivity contribution in [3.63, 3.8) is 0 Å². The smallest absolute Gasteiger partial charge is 0.316 e. The number of rotatable bonds is 5. The number of hydrogen-bond acceptors (Lipinski definition) is 5. The van der Waals surface area contributed by atoms with Gasteiger partial charge in [-0.1, -0.05) is 19.1 Å². The summed E-state index contributed by atoms with van der Waals surface area (Å²) in [6.07, 6.45) is 2.66. The summed E-state index contributed by atoms with van der Waals surface area (Å²) in [4.78, 5) is 23.1. The van der Waals surface area contributed by atoms with Gasteiger partial charge in [-0.15, -0.1) is 11.8 Å². The van der Waals surface area contributed by atoms with Crippen molar-refractivity contribution in [2.45, 2.75) is 24.3 Å². The lowest BCUT2D eigenvalue weighted by molar-refractivity contribution is 0.0766. The lowest BCUT2D eigenvalue weighted by Gasteiger charge is -2.18. The van der Waals surface area contributed by atoms with E-state index in [0.29, 0.717) is 19.5 Å². The fraction of sp³-hybridized carbons (Fsp3) is 0.353. The van der Waals surface area contributed by atoms with Crippen molar-refractivity contribution < 1.29 is 13.9 Å². The Labute approximate surface area is 144 Å². The SMILES string of the molecule is CCSc1ccccc1C(=O)N1CCC(Oc2ncc(F)cn2)C1. The first kappa shape index (κ1) is 16.7. The minimum Gasteiger partial charge on any atom is -0.458 e. The van der Waals surface area contributed by atoms with Crippen LogP contribution < -0.4 is 4.74 Å². The first-order chi connectivity index (χ1) is 11.7. The van der Waals surface area contributed by atoms with Gasteiger partial charge in [-0.2, -0.15) is 0 Å². The fourth-order valence-corrected chi connectivity index (χ4v) is 3.41. The van der Waals surface area contributed by atoms with E-state index in [-0.39, 0.29) is 18.0 Å². The highest BCUT2D eigenvalue weighted by atomic mass is 32.2. The molecule has 0 spiro atoms. The molecule has 1 fully saturated rings. The van der Waals surface area contributed by atoms with Crippen molar-refractivity contribution in [3.8, 4) is 6.01 Å². The summed E-state index contributed by atoms with van der Waals surface area (Å²) in [5.41, 5.74) is 0.725. The summed E-state index contributed by atoms with van der Waals surface area (Å²) in [7, 11) is 0. The Bertz CT molecular complexity index is 711. The quantitative estimate of drug-likeness (QED) is 0.778. The standard InChI is InChI=1S/C17H18FN3O2S/c1-2-24-15-6-4-3-5-14(15)16(22)21-8-7-13(11-21)23-17-19-9-12(18)10-20-17/h3-6,9-10,13H,2,7-8,11H2,1H3. The second kappa shape index (κ2) is 7.61. The van der Waals surface area contributed by atoms with E-state index in [1.165, 1.54) is 0 Å². The van der Waals surface area contributed by atoms with Crippen LogP contribution >= 0.6 is 11.8 Å². The lowest BCUT2D eigenvalue weighted by atomic mass is 10.2. The highest BCUT2D eigenvalue weighted by Crippen LogP contribution is 2.25. The largest absolute Gasteiger partial charge is 0.458 e. The Balaban J connectivity index is 1.65. The third-order valence-electron chi connectivity index (χ3n) is 3.72. The summed E-state index contributed by atoms with van der Waals surface area (Å²) in [6.45, 7) is 3.16. The maximum atomic E-state index is 12.8. The van der Waals surface area contributed by atoms with Crippen LogP contribution in [-0.2, 0) is 0 Å². The second-order valence-electron chi connectivity index (χ2n) is 5.39. The van der Waals surface area contributed by atoms with Gasteiger partial charge in [0.25, 0.3) is 5.91 Å². The Morgan fingerprint density at radius 1 is 1.38 bits per heavy atom. The molecule has 3 rings (SSSR count). The van der Waals surface area contributed by atoms with Gasteiger partial charge in [0, 0.05) is 17.9 Å². The van der Waals surface area contributed by atoms with Crippen molar-refractivity contribution in [1.82, 2.24) is 14.9 Å². The van der Waals surface area contributed by atoms with Gasteiger partial charge in [-0.05, 0) is 17.9 Å². The number of aromatic nitrogens is 2. The zero-order chi connectivity index (χ0) is 16.9. The molecule has 1 amide bonds. The lowest BCUT2D eigenvalue weighted by Crippen LogP contribution is -2.31. The van der Waals surface area contributed by atoms with Gasteiger partial charge in [0.15, 0.2) is 5.82 Å². The van der Waals surface area contributed by atoms with E-state index in [4.69, 9.17) is 4.74 Å². The van der Waals surface area contributed by atoms with Crippen LogP contribution in [0.2, 0.25) is 0 Å². The predicted octanol–water partition coefficient (Wildman–Crippen LogP) is 3.02. The van der Waals surface area contributed by atoms with E-state index in [0.717, 1.165) is 28.6 Å². The summed E-state index contributed by atoms with van der Waals surface area (Å²) in [5.74, 6) is 0.422. The summed E-state index contributed by atoms with van der Waals surface area (Å²) in [5, 5.41) is 0. The minimum absolute atomic E-state index is 0.0117. The second-order valence-corrected chi connectivity index (χ2v) is 6.70. The molecule has 0 aliphatic carbocycles. The molecule has 0 N–H and O–H groups in total. The third-order valence-corrected chi connectivity index (χ3v) is 4.67.